The Hall–Kier alpha value is -4.32. The number of carbonyl (C=O) groups excluding carboxylic acids is 1. The van der Waals surface area contributed by atoms with Gasteiger partial charge in [0.15, 0.2) is 46.3 Å². The van der Waals surface area contributed by atoms with Crippen LogP contribution in [0.4, 0.5) is 27.6 Å². The molecule has 0 spiro atoms. The molecule has 202 valence electrons. The van der Waals surface area contributed by atoms with Gasteiger partial charge in [-0.15, -0.1) is 0 Å². The van der Waals surface area contributed by atoms with Crippen molar-refractivity contribution in [2.45, 2.75) is 13.5 Å². The van der Waals surface area contributed by atoms with E-state index < -0.39 is 40.7 Å². The maximum atomic E-state index is 14.3. The molecule has 2 heterocycles. The summed E-state index contributed by atoms with van der Waals surface area (Å²) in [5.41, 5.74) is -0.625. The van der Waals surface area contributed by atoms with Gasteiger partial charge in [-0.05, 0) is 48.4 Å². The summed E-state index contributed by atoms with van der Waals surface area (Å²) in [6, 6.07) is 8.21. The molecule has 0 fully saturated rings. The Morgan fingerprint density at radius 2 is 1.67 bits per heavy atom. The molecule has 0 radical (unpaired) electrons. The van der Waals surface area contributed by atoms with Gasteiger partial charge in [-0.1, -0.05) is 17.7 Å². The molecule has 0 saturated carbocycles. The minimum absolute atomic E-state index is 0.0397. The zero-order valence-electron chi connectivity index (χ0n) is 20.1. The molecule has 0 saturated heterocycles. The SMILES string of the molecule is COc1cc(/C=C2/C(=O)N(c3c(F)c(F)c(F)c(F)c3F)N=C2C)cc(Cl)c1OCc1ccc2c(c1)OCO2. The highest BCUT2D eigenvalue weighted by Crippen LogP contribution is 2.39. The summed E-state index contributed by atoms with van der Waals surface area (Å²) in [7, 11) is 1.37. The maximum absolute atomic E-state index is 14.3. The number of benzene rings is 3. The second-order valence-electron chi connectivity index (χ2n) is 8.29. The zero-order chi connectivity index (χ0) is 28.0. The standard InChI is InChI=1S/C26H16ClF5N2O5/c1-11-14(26(35)34(33-11)24-22(31)20(29)19(28)21(30)23(24)32)5-13-6-15(27)25(18(8-13)36-2)37-9-12-3-4-16-17(7-12)39-10-38-16/h3-8H,9-10H2,1-2H3/b14-5+. The monoisotopic (exact) mass is 566 g/mol. The average Bonchev–Trinajstić information content (AvgIpc) is 3.49. The summed E-state index contributed by atoms with van der Waals surface area (Å²) in [5.74, 6) is -10.6. The predicted molar refractivity (Wildman–Crippen MR) is 130 cm³/mol. The fourth-order valence-corrected chi connectivity index (χ4v) is 4.20. The Bertz CT molecular complexity index is 1560. The van der Waals surface area contributed by atoms with E-state index >= 15 is 0 Å². The molecule has 0 N–H and O–H groups in total. The Morgan fingerprint density at radius 1 is 1.00 bits per heavy atom. The Labute approximate surface area is 222 Å². The normalized spacial score (nSPS) is 15.3. The second-order valence-corrected chi connectivity index (χ2v) is 8.70. The highest BCUT2D eigenvalue weighted by molar-refractivity contribution is 6.33. The molecule has 0 atom stereocenters. The lowest BCUT2D eigenvalue weighted by Crippen LogP contribution is -2.25. The number of carbonyl (C=O) groups is 1. The van der Waals surface area contributed by atoms with Gasteiger partial charge in [0.05, 0.1) is 23.4 Å². The second kappa shape index (κ2) is 10.1. The van der Waals surface area contributed by atoms with Gasteiger partial charge >= 0.3 is 0 Å². The van der Waals surface area contributed by atoms with Gasteiger partial charge in [0, 0.05) is 0 Å². The molecule has 2 aliphatic rings. The number of ether oxygens (including phenoxy) is 4. The van der Waals surface area contributed by atoms with Crippen LogP contribution in [-0.2, 0) is 11.4 Å². The zero-order valence-corrected chi connectivity index (χ0v) is 20.8. The van der Waals surface area contributed by atoms with Crippen LogP contribution >= 0.6 is 11.6 Å². The smallest absolute Gasteiger partial charge is 0.280 e. The molecule has 3 aromatic rings. The highest BCUT2D eigenvalue weighted by atomic mass is 35.5. The molecule has 0 unspecified atom stereocenters. The van der Waals surface area contributed by atoms with Crippen molar-refractivity contribution in [3.05, 3.63) is 81.1 Å². The lowest BCUT2D eigenvalue weighted by atomic mass is 10.1. The van der Waals surface area contributed by atoms with Gasteiger partial charge < -0.3 is 18.9 Å². The minimum Gasteiger partial charge on any atom is -0.493 e. The summed E-state index contributed by atoms with van der Waals surface area (Å²) >= 11 is 6.42. The number of halogens is 6. The van der Waals surface area contributed by atoms with E-state index in [-0.39, 0.29) is 46.2 Å². The number of hydrogen-bond donors (Lipinski definition) is 0. The fraction of sp³-hybridized carbons (Fsp3) is 0.154. The summed E-state index contributed by atoms with van der Waals surface area (Å²) in [6.45, 7) is 1.56. The summed E-state index contributed by atoms with van der Waals surface area (Å²) in [4.78, 5) is 12.9. The van der Waals surface area contributed by atoms with Crippen LogP contribution in [-0.4, -0.2) is 25.5 Å². The third-order valence-corrected chi connectivity index (χ3v) is 6.12. The molecule has 0 aliphatic carbocycles. The van der Waals surface area contributed by atoms with E-state index in [1.165, 1.54) is 32.2 Å². The quantitative estimate of drug-likeness (QED) is 0.155. The van der Waals surface area contributed by atoms with Gasteiger partial charge in [0.2, 0.25) is 12.6 Å². The van der Waals surface area contributed by atoms with Gasteiger partial charge in [0.25, 0.3) is 5.91 Å². The van der Waals surface area contributed by atoms with Crippen LogP contribution in [0.5, 0.6) is 23.0 Å². The maximum Gasteiger partial charge on any atom is 0.280 e. The number of amides is 1. The Balaban J connectivity index is 1.42. The number of hydrogen-bond acceptors (Lipinski definition) is 6. The van der Waals surface area contributed by atoms with Crippen LogP contribution < -0.4 is 24.0 Å². The molecular formula is C26H16ClF5N2O5. The van der Waals surface area contributed by atoms with E-state index in [2.05, 4.69) is 5.10 Å². The van der Waals surface area contributed by atoms with Gasteiger partial charge in [-0.25, -0.2) is 22.0 Å². The first kappa shape index (κ1) is 26.3. The van der Waals surface area contributed by atoms with Gasteiger partial charge in [-0.2, -0.15) is 10.1 Å². The van der Waals surface area contributed by atoms with E-state index in [1.807, 2.05) is 0 Å². The molecule has 39 heavy (non-hydrogen) atoms. The first-order chi connectivity index (χ1) is 18.6. The lowest BCUT2D eigenvalue weighted by Gasteiger charge is -2.15. The molecule has 2 aliphatic heterocycles. The van der Waals surface area contributed by atoms with E-state index in [1.54, 1.807) is 18.2 Å². The first-order valence-corrected chi connectivity index (χ1v) is 11.5. The van der Waals surface area contributed by atoms with E-state index in [0.717, 1.165) is 5.56 Å². The topological polar surface area (TPSA) is 69.6 Å². The molecular weight excluding hydrogens is 551 g/mol. The molecule has 13 heteroatoms. The van der Waals surface area contributed by atoms with E-state index in [4.69, 9.17) is 30.5 Å². The van der Waals surface area contributed by atoms with Gasteiger partial charge in [0.1, 0.15) is 12.3 Å². The predicted octanol–water partition coefficient (Wildman–Crippen LogP) is 6.16. The van der Waals surface area contributed by atoms with Crippen molar-refractivity contribution in [3.63, 3.8) is 0 Å². The lowest BCUT2D eigenvalue weighted by molar-refractivity contribution is -0.114. The highest BCUT2D eigenvalue weighted by Gasteiger charge is 2.37. The van der Waals surface area contributed by atoms with Crippen molar-refractivity contribution >= 4 is 35.0 Å². The molecule has 0 aromatic heterocycles. The van der Waals surface area contributed by atoms with Crippen LogP contribution in [0, 0.1) is 29.1 Å². The van der Waals surface area contributed by atoms with Crippen molar-refractivity contribution in [3.8, 4) is 23.0 Å². The van der Waals surface area contributed by atoms with Crippen LogP contribution in [0.1, 0.15) is 18.1 Å². The Kier molecular flexibility index (Phi) is 6.81. The van der Waals surface area contributed by atoms with Crippen LogP contribution in [0.15, 0.2) is 41.0 Å². The number of nitrogens with zero attached hydrogens (tertiary/aromatic N) is 2. The Morgan fingerprint density at radius 3 is 2.36 bits per heavy atom. The van der Waals surface area contributed by atoms with Crippen molar-refractivity contribution in [1.82, 2.24) is 0 Å². The van der Waals surface area contributed by atoms with Crippen molar-refractivity contribution in [2.75, 3.05) is 18.9 Å². The largest absolute Gasteiger partial charge is 0.493 e. The number of hydrazone groups is 1. The number of rotatable bonds is 6. The molecule has 5 rings (SSSR count). The summed E-state index contributed by atoms with van der Waals surface area (Å²) in [6.07, 6.45) is 1.28. The van der Waals surface area contributed by atoms with Crippen molar-refractivity contribution < 1.29 is 45.7 Å². The van der Waals surface area contributed by atoms with Crippen molar-refractivity contribution in [2.24, 2.45) is 5.10 Å². The van der Waals surface area contributed by atoms with Crippen LogP contribution in [0.3, 0.4) is 0 Å². The molecule has 7 nitrogen and oxygen atoms in total. The van der Waals surface area contributed by atoms with Gasteiger partial charge in [-0.3, -0.25) is 4.79 Å². The number of fused-ring (bicyclic) bond motifs is 1. The van der Waals surface area contributed by atoms with Crippen molar-refractivity contribution in [1.29, 1.82) is 0 Å². The third kappa shape index (κ3) is 4.60. The summed E-state index contributed by atoms with van der Waals surface area (Å²) < 4.78 is 91.3. The van der Waals surface area contributed by atoms with Crippen LogP contribution in [0.2, 0.25) is 5.02 Å². The first-order valence-electron chi connectivity index (χ1n) is 11.1. The molecule has 3 aromatic carbocycles. The minimum atomic E-state index is -2.35. The van der Waals surface area contributed by atoms with E-state index in [0.29, 0.717) is 17.1 Å². The third-order valence-electron chi connectivity index (χ3n) is 5.84. The number of anilines is 1. The molecule has 0 bridgehead atoms. The van der Waals surface area contributed by atoms with Crippen LogP contribution in [0.25, 0.3) is 6.08 Å². The van der Waals surface area contributed by atoms with E-state index in [9.17, 15) is 26.7 Å². The fourth-order valence-electron chi connectivity index (χ4n) is 3.93. The number of methoxy groups -OCH3 is 1. The summed E-state index contributed by atoms with van der Waals surface area (Å²) in [5, 5.41) is 3.94. The average molecular weight is 567 g/mol. The molecule has 1 amide bonds.